The number of hydrogen-bond donors (Lipinski definition) is 1. The van der Waals surface area contributed by atoms with E-state index in [1.807, 2.05) is 24.3 Å². The maximum Gasteiger partial charge on any atom is 0.295 e. The molecule has 0 radical (unpaired) electrons. The predicted molar refractivity (Wildman–Crippen MR) is 124 cm³/mol. The molecule has 1 N–H and O–H groups in total. The van der Waals surface area contributed by atoms with Gasteiger partial charge in [0.2, 0.25) is 0 Å². The molecule has 1 aliphatic rings. The third-order valence-electron chi connectivity index (χ3n) is 5.35. The molecule has 6 heteroatoms. The van der Waals surface area contributed by atoms with Gasteiger partial charge in [0, 0.05) is 12.6 Å². The Morgan fingerprint density at radius 2 is 1.59 bits per heavy atom. The van der Waals surface area contributed by atoms with Crippen molar-refractivity contribution in [2.75, 3.05) is 20.3 Å². The van der Waals surface area contributed by atoms with Gasteiger partial charge in [0.15, 0.2) is 0 Å². The maximum atomic E-state index is 12.7. The Morgan fingerprint density at radius 1 is 1.00 bits per heavy atom. The standard InChI is InChI=1S/C26H31NO5/c1-5-6-15-31-20-11-7-18(8-12-20)23-22(25(29)26(30)27(23)4)24(28)19-9-13-21(14-10-19)32-16-17(2)3/h7-14,17,23,28H,5-6,15-16H2,1-4H3/b24-22+. The minimum absolute atomic E-state index is 0.0769. The van der Waals surface area contributed by atoms with Crippen molar-refractivity contribution in [1.29, 1.82) is 0 Å². The van der Waals surface area contributed by atoms with Gasteiger partial charge in [0.1, 0.15) is 17.3 Å². The summed E-state index contributed by atoms with van der Waals surface area (Å²) in [6, 6.07) is 13.5. The van der Waals surface area contributed by atoms with Gasteiger partial charge in [-0.1, -0.05) is 39.3 Å². The molecular weight excluding hydrogens is 406 g/mol. The molecular formula is C26H31NO5. The van der Waals surface area contributed by atoms with E-state index in [4.69, 9.17) is 9.47 Å². The molecule has 0 aliphatic carbocycles. The third kappa shape index (κ3) is 5.13. The summed E-state index contributed by atoms with van der Waals surface area (Å²) >= 11 is 0. The molecule has 2 aromatic rings. The van der Waals surface area contributed by atoms with Crippen LogP contribution in [-0.2, 0) is 9.59 Å². The van der Waals surface area contributed by atoms with Crippen molar-refractivity contribution in [1.82, 2.24) is 4.90 Å². The number of ketones is 1. The van der Waals surface area contributed by atoms with Crippen LogP contribution in [0.3, 0.4) is 0 Å². The van der Waals surface area contributed by atoms with Crippen LogP contribution in [0.15, 0.2) is 54.1 Å². The van der Waals surface area contributed by atoms with E-state index in [0.717, 1.165) is 24.2 Å². The summed E-state index contributed by atoms with van der Waals surface area (Å²) in [5.41, 5.74) is 1.26. The number of nitrogens with zero attached hydrogens (tertiary/aromatic N) is 1. The first kappa shape index (κ1) is 23.4. The average molecular weight is 438 g/mol. The molecule has 1 aliphatic heterocycles. The number of carbonyl (C=O) groups excluding carboxylic acids is 2. The lowest BCUT2D eigenvalue weighted by Crippen LogP contribution is -2.24. The van der Waals surface area contributed by atoms with Gasteiger partial charge in [0.25, 0.3) is 11.7 Å². The summed E-state index contributed by atoms with van der Waals surface area (Å²) in [6.45, 7) is 7.45. The van der Waals surface area contributed by atoms with Crippen LogP contribution >= 0.6 is 0 Å². The van der Waals surface area contributed by atoms with E-state index in [1.165, 1.54) is 4.90 Å². The normalized spacial score (nSPS) is 17.8. The van der Waals surface area contributed by atoms with Crippen LogP contribution < -0.4 is 9.47 Å². The molecule has 0 aromatic heterocycles. The van der Waals surface area contributed by atoms with Gasteiger partial charge in [-0.25, -0.2) is 0 Å². The molecule has 1 unspecified atom stereocenters. The highest BCUT2D eigenvalue weighted by Crippen LogP contribution is 2.39. The Hall–Kier alpha value is -3.28. The van der Waals surface area contributed by atoms with Crippen LogP contribution in [0.5, 0.6) is 11.5 Å². The van der Waals surface area contributed by atoms with Crippen molar-refractivity contribution in [3.63, 3.8) is 0 Å². The Morgan fingerprint density at radius 3 is 2.19 bits per heavy atom. The first-order chi connectivity index (χ1) is 15.3. The minimum atomic E-state index is -0.696. The fraction of sp³-hybridized carbons (Fsp3) is 0.385. The van der Waals surface area contributed by atoms with Crippen LogP contribution in [0.4, 0.5) is 0 Å². The summed E-state index contributed by atoms with van der Waals surface area (Å²) in [7, 11) is 1.57. The third-order valence-corrected chi connectivity index (χ3v) is 5.35. The fourth-order valence-electron chi connectivity index (χ4n) is 3.55. The molecule has 1 heterocycles. The number of Topliss-reactive ketones (excluding diaryl/α,β-unsaturated/α-hetero) is 1. The average Bonchev–Trinajstić information content (AvgIpc) is 3.02. The second-order valence-electron chi connectivity index (χ2n) is 8.41. The van der Waals surface area contributed by atoms with E-state index in [2.05, 4.69) is 20.8 Å². The van der Waals surface area contributed by atoms with E-state index in [9.17, 15) is 14.7 Å². The fourth-order valence-corrected chi connectivity index (χ4v) is 3.55. The van der Waals surface area contributed by atoms with Gasteiger partial charge in [0.05, 0.1) is 24.8 Å². The van der Waals surface area contributed by atoms with Crippen molar-refractivity contribution >= 4 is 17.4 Å². The van der Waals surface area contributed by atoms with Crippen LogP contribution in [0, 0.1) is 5.92 Å². The van der Waals surface area contributed by atoms with Crippen molar-refractivity contribution in [2.45, 2.75) is 39.7 Å². The Bertz CT molecular complexity index is 976. The molecule has 1 atom stereocenters. The molecule has 6 nitrogen and oxygen atoms in total. The molecule has 1 fully saturated rings. The molecule has 3 rings (SSSR count). The van der Waals surface area contributed by atoms with Gasteiger partial charge < -0.3 is 19.5 Å². The van der Waals surface area contributed by atoms with Gasteiger partial charge in [-0.3, -0.25) is 9.59 Å². The minimum Gasteiger partial charge on any atom is -0.507 e. The van der Waals surface area contributed by atoms with E-state index >= 15 is 0 Å². The molecule has 2 aromatic carbocycles. The van der Waals surface area contributed by atoms with Crippen molar-refractivity contribution < 1.29 is 24.2 Å². The monoisotopic (exact) mass is 437 g/mol. The zero-order valence-corrected chi connectivity index (χ0v) is 19.1. The zero-order chi connectivity index (χ0) is 23.3. The second-order valence-corrected chi connectivity index (χ2v) is 8.41. The van der Waals surface area contributed by atoms with Crippen LogP contribution in [-0.4, -0.2) is 42.0 Å². The van der Waals surface area contributed by atoms with Gasteiger partial charge in [-0.05, 0) is 54.3 Å². The van der Waals surface area contributed by atoms with E-state index in [0.29, 0.717) is 30.4 Å². The van der Waals surface area contributed by atoms with Crippen molar-refractivity contribution in [3.8, 4) is 11.5 Å². The van der Waals surface area contributed by atoms with E-state index in [-0.39, 0.29) is 11.3 Å². The molecule has 32 heavy (non-hydrogen) atoms. The molecule has 170 valence electrons. The smallest absolute Gasteiger partial charge is 0.295 e. The number of amides is 1. The number of aliphatic hydroxyl groups is 1. The topological polar surface area (TPSA) is 76.1 Å². The van der Waals surface area contributed by atoms with Crippen LogP contribution in [0.1, 0.15) is 50.8 Å². The number of benzene rings is 2. The highest BCUT2D eigenvalue weighted by molar-refractivity contribution is 6.46. The highest BCUT2D eigenvalue weighted by atomic mass is 16.5. The molecule has 1 amide bonds. The lowest BCUT2D eigenvalue weighted by molar-refractivity contribution is -0.139. The summed E-state index contributed by atoms with van der Waals surface area (Å²) in [4.78, 5) is 26.6. The van der Waals surface area contributed by atoms with E-state index in [1.54, 1.807) is 31.3 Å². The predicted octanol–water partition coefficient (Wildman–Crippen LogP) is 4.95. The number of likely N-dealkylation sites (N-methyl/N-ethyl adjacent to an activating group) is 1. The number of likely N-dealkylation sites (tertiary alicyclic amines) is 1. The number of hydrogen-bond acceptors (Lipinski definition) is 5. The lowest BCUT2D eigenvalue weighted by atomic mass is 9.95. The zero-order valence-electron chi connectivity index (χ0n) is 19.1. The summed E-state index contributed by atoms with van der Waals surface area (Å²) in [5.74, 6) is 0.271. The Labute approximate surface area is 189 Å². The Kier molecular flexibility index (Phi) is 7.57. The summed E-state index contributed by atoms with van der Waals surface area (Å²) in [5, 5.41) is 11.0. The van der Waals surface area contributed by atoms with Crippen LogP contribution in [0.2, 0.25) is 0 Å². The van der Waals surface area contributed by atoms with Crippen molar-refractivity contribution in [2.24, 2.45) is 5.92 Å². The first-order valence-corrected chi connectivity index (χ1v) is 11.0. The lowest BCUT2D eigenvalue weighted by Gasteiger charge is -2.21. The second kappa shape index (κ2) is 10.4. The summed E-state index contributed by atoms with van der Waals surface area (Å²) < 4.78 is 11.4. The Balaban J connectivity index is 1.89. The van der Waals surface area contributed by atoms with Gasteiger partial charge >= 0.3 is 0 Å². The molecule has 0 bridgehead atoms. The van der Waals surface area contributed by atoms with E-state index < -0.39 is 17.7 Å². The molecule has 1 saturated heterocycles. The number of aliphatic hydroxyl groups excluding tert-OH is 1. The number of rotatable bonds is 9. The SMILES string of the molecule is CCCCOc1ccc(C2/C(=C(\O)c3ccc(OCC(C)C)cc3)C(=O)C(=O)N2C)cc1. The molecule has 0 spiro atoms. The van der Waals surface area contributed by atoms with Crippen LogP contribution in [0.25, 0.3) is 5.76 Å². The highest BCUT2D eigenvalue weighted by Gasteiger charge is 2.44. The quantitative estimate of drug-likeness (QED) is 0.260. The van der Waals surface area contributed by atoms with Crippen molar-refractivity contribution in [3.05, 3.63) is 65.2 Å². The summed E-state index contributed by atoms with van der Waals surface area (Å²) in [6.07, 6.45) is 2.02. The maximum absolute atomic E-state index is 12.7. The molecule has 0 saturated carbocycles. The van der Waals surface area contributed by atoms with Gasteiger partial charge in [-0.2, -0.15) is 0 Å². The first-order valence-electron chi connectivity index (χ1n) is 11.0. The number of carbonyl (C=O) groups is 2. The van der Waals surface area contributed by atoms with Gasteiger partial charge in [-0.15, -0.1) is 0 Å². The number of unbranched alkanes of at least 4 members (excludes halogenated alkanes) is 1. The number of ether oxygens (including phenoxy) is 2. The largest absolute Gasteiger partial charge is 0.507 e.